The lowest BCUT2D eigenvalue weighted by atomic mass is 10.1. The standard InChI is InChI=1S/C16H24BrN3O3/c1-5-10(2)19-16(22)20-15(21)9-18-11(3)12-6-7-14(23-4)13(17)8-12/h6-8,10-11,18H,5,9H2,1-4H3,(H2,19,20,21,22)/p+1/t10-,11-/m1/s1. The minimum Gasteiger partial charge on any atom is -0.496 e. The van der Waals surface area contributed by atoms with Crippen molar-refractivity contribution >= 4 is 27.9 Å². The van der Waals surface area contributed by atoms with Crippen molar-refractivity contribution in [2.45, 2.75) is 39.3 Å². The van der Waals surface area contributed by atoms with Crippen LogP contribution in [0.1, 0.15) is 38.8 Å². The van der Waals surface area contributed by atoms with Crippen LogP contribution in [0, 0.1) is 0 Å². The van der Waals surface area contributed by atoms with Crippen LogP contribution in [0.2, 0.25) is 0 Å². The Hall–Kier alpha value is -1.60. The molecule has 128 valence electrons. The van der Waals surface area contributed by atoms with Gasteiger partial charge < -0.3 is 15.4 Å². The van der Waals surface area contributed by atoms with Crippen molar-refractivity contribution in [2.75, 3.05) is 13.7 Å². The molecule has 0 aliphatic rings. The predicted octanol–water partition coefficient (Wildman–Crippen LogP) is 1.71. The van der Waals surface area contributed by atoms with Gasteiger partial charge in [0, 0.05) is 11.6 Å². The van der Waals surface area contributed by atoms with Crippen LogP contribution >= 0.6 is 15.9 Å². The van der Waals surface area contributed by atoms with Gasteiger partial charge in [0.05, 0.1) is 11.6 Å². The third-order valence-corrected chi connectivity index (χ3v) is 4.22. The average molecular weight is 387 g/mol. The zero-order valence-corrected chi connectivity index (χ0v) is 15.6. The molecule has 0 aliphatic carbocycles. The van der Waals surface area contributed by atoms with Crippen molar-refractivity contribution in [1.29, 1.82) is 0 Å². The summed E-state index contributed by atoms with van der Waals surface area (Å²) >= 11 is 3.45. The molecule has 6 nitrogen and oxygen atoms in total. The van der Waals surface area contributed by atoms with Crippen molar-refractivity contribution in [3.8, 4) is 5.75 Å². The van der Waals surface area contributed by atoms with Gasteiger partial charge >= 0.3 is 6.03 Å². The molecule has 0 radical (unpaired) electrons. The smallest absolute Gasteiger partial charge is 0.321 e. The summed E-state index contributed by atoms with van der Waals surface area (Å²) in [6.07, 6.45) is 0.817. The third kappa shape index (κ3) is 6.58. The van der Waals surface area contributed by atoms with Crippen LogP contribution in [0.4, 0.5) is 4.79 Å². The van der Waals surface area contributed by atoms with E-state index in [1.807, 2.05) is 44.3 Å². The van der Waals surface area contributed by atoms with Crippen LogP contribution in [0.25, 0.3) is 0 Å². The summed E-state index contributed by atoms with van der Waals surface area (Å²) in [7, 11) is 1.62. The number of methoxy groups -OCH3 is 1. The maximum absolute atomic E-state index is 11.8. The molecule has 0 saturated heterocycles. The molecule has 0 aliphatic heterocycles. The number of carbonyl (C=O) groups excluding carboxylic acids is 2. The number of carbonyl (C=O) groups is 2. The van der Waals surface area contributed by atoms with Gasteiger partial charge in [-0.3, -0.25) is 10.1 Å². The van der Waals surface area contributed by atoms with Gasteiger partial charge in [0.15, 0.2) is 6.54 Å². The maximum Gasteiger partial charge on any atom is 0.321 e. The van der Waals surface area contributed by atoms with E-state index in [-0.39, 0.29) is 24.5 Å². The lowest BCUT2D eigenvalue weighted by Crippen LogP contribution is -2.87. The minimum atomic E-state index is -0.447. The molecule has 4 N–H and O–H groups in total. The highest BCUT2D eigenvalue weighted by atomic mass is 79.9. The predicted molar refractivity (Wildman–Crippen MR) is 92.3 cm³/mol. The average Bonchev–Trinajstić information content (AvgIpc) is 2.52. The first-order chi connectivity index (χ1) is 10.9. The molecule has 1 rings (SSSR count). The minimum absolute atomic E-state index is 0.0438. The Kier molecular flexibility index (Phi) is 8.05. The number of hydrogen-bond donors (Lipinski definition) is 3. The molecule has 1 aromatic carbocycles. The Morgan fingerprint density at radius 1 is 1.35 bits per heavy atom. The lowest BCUT2D eigenvalue weighted by molar-refractivity contribution is -0.682. The molecule has 3 amide bonds. The molecule has 0 saturated carbocycles. The molecule has 0 spiro atoms. The van der Waals surface area contributed by atoms with Gasteiger partial charge in [-0.1, -0.05) is 6.92 Å². The number of benzene rings is 1. The Morgan fingerprint density at radius 3 is 2.61 bits per heavy atom. The number of rotatable bonds is 7. The van der Waals surface area contributed by atoms with Gasteiger partial charge in [0.2, 0.25) is 0 Å². The Bertz CT molecular complexity index is 551. The van der Waals surface area contributed by atoms with Crippen LogP contribution in [0.3, 0.4) is 0 Å². The summed E-state index contributed by atoms with van der Waals surface area (Å²) in [6.45, 7) is 6.04. The first-order valence-corrected chi connectivity index (χ1v) is 8.43. The molecule has 0 bridgehead atoms. The van der Waals surface area contributed by atoms with Crippen molar-refractivity contribution in [1.82, 2.24) is 10.6 Å². The summed E-state index contributed by atoms with van der Waals surface area (Å²) in [4.78, 5) is 23.4. The fourth-order valence-corrected chi connectivity index (χ4v) is 2.48. The van der Waals surface area contributed by atoms with Gasteiger partial charge in [-0.15, -0.1) is 0 Å². The molecular formula is C16H25BrN3O3+. The second-order valence-corrected chi connectivity index (χ2v) is 6.31. The number of hydrogen-bond acceptors (Lipinski definition) is 3. The highest BCUT2D eigenvalue weighted by molar-refractivity contribution is 9.10. The van der Waals surface area contributed by atoms with Crippen LogP contribution in [-0.4, -0.2) is 31.6 Å². The number of nitrogens with one attached hydrogen (secondary N) is 2. The van der Waals surface area contributed by atoms with Gasteiger partial charge in [0.1, 0.15) is 11.8 Å². The summed E-state index contributed by atoms with van der Waals surface area (Å²) in [5, 5.41) is 6.90. The van der Waals surface area contributed by atoms with E-state index in [4.69, 9.17) is 4.74 Å². The van der Waals surface area contributed by atoms with Crippen molar-refractivity contribution in [3.05, 3.63) is 28.2 Å². The number of imide groups is 1. The third-order valence-electron chi connectivity index (χ3n) is 3.60. The van der Waals surface area contributed by atoms with E-state index in [0.29, 0.717) is 0 Å². The van der Waals surface area contributed by atoms with Crippen LogP contribution < -0.4 is 20.7 Å². The van der Waals surface area contributed by atoms with Crippen LogP contribution in [0.15, 0.2) is 22.7 Å². The number of halogens is 1. The normalized spacial score (nSPS) is 13.1. The van der Waals surface area contributed by atoms with E-state index in [0.717, 1.165) is 22.2 Å². The van der Waals surface area contributed by atoms with E-state index >= 15 is 0 Å². The maximum atomic E-state index is 11.8. The zero-order chi connectivity index (χ0) is 17.4. The molecule has 2 atom stereocenters. The Morgan fingerprint density at radius 2 is 2.04 bits per heavy atom. The highest BCUT2D eigenvalue weighted by Gasteiger charge is 2.15. The number of urea groups is 1. The number of ether oxygens (including phenoxy) is 1. The summed E-state index contributed by atoms with van der Waals surface area (Å²) in [5.41, 5.74) is 1.06. The molecule has 0 fully saturated rings. The fourth-order valence-electron chi connectivity index (χ4n) is 1.93. The Labute approximate surface area is 145 Å². The zero-order valence-electron chi connectivity index (χ0n) is 14.0. The first-order valence-electron chi connectivity index (χ1n) is 7.64. The fraction of sp³-hybridized carbons (Fsp3) is 0.500. The van der Waals surface area contributed by atoms with Crippen LogP contribution in [-0.2, 0) is 4.79 Å². The largest absolute Gasteiger partial charge is 0.496 e. The Balaban J connectivity index is 2.46. The molecule has 0 aromatic heterocycles. The summed E-state index contributed by atoms with van der Waals surface area (Å²) in [5.74, 6) is 0.450. The second-order valence-electron chi connectivity index (χ2n) is 5.45. The molecule has 23 heavy (non-hydrogen) atoms. The van der Waals surface area contributed by atoms with Crippen molar-refractivity contribution < 1.29 is 19.6 Å². The summed E-state index contributed by atoms with van der Waals surface area (Å²) < 4.78 is 6.07. The molecule has 7 heteroatoms. The molecule has 0 heterocycles. The number of quaternary nitrogens is 1. The van der Waals surface area contributed by atoms with E-state index in [2.05, 4.69) is 26.6 Å². The van der Waals surface area contributed by atoms with Gasteiger partial charge in [-0.05, 0) is 54.4 Å². The first kappa shape index (κ1) is 19.4. The molecule has 0 unspecified atom stereocenters. The van der Waals surface area contributed by atoms with Gasteiger partial charge in [-0.25, -0.2) is 4.79 Å². The lowest BCUT2D eigenvalue weighted by Gasteiger charge is -2.14. The van der Waals surface area contributed by atoms with E-state index in [1.54, 1.807) is 7.11 Å². The van der Waals surface area contributed by atoms with Crippen molar-refractivity contribution in [2.24, 2.45) is 0 Å². The molecule has 1 aromatic rings. The molecular weight excluding hydrogens is 362 g/mol. The quantitative estimate of drug-likeness (QED) is 0.666. The summed E-state index contributed by atoms with van der Waals surface area (Å²) in [6, 6.07) is 5.48. The number of nitrogens with two attached hydrogens (primary N) is 1. The van der Waals surface area contributed by atoms with E-state index in [1.165, 1.54) is 0 Å². The second kappa shape index (κ2) is 9.52. The topological polar surface area (TPSA) is 84.0 Å². The van der Waals surface area contributed by atoms with Gasteiger partial charge in [-0.2, -0.15) is 0 Å². The van der Waals surface area contributed by atoms with Gasteiger partial charge in [0.25, 0.3) is 5.91 Å². The monoisotopic (exact) mass is 386 g/mol. The SMILES string of the molecule is CC[C@@H](C)NC(=O)NC(=O)C[NH2+][C@H](C)c1ccc(OC)c(Br)c1. The van der Waals surface area contributed by atoms with E-state index in [9.17, 15) is 9.59 Å². The van der Waals surface area contributed by atoms with Crippen LogP contribution in [0.5, 0.6) is 5.75 Å². The van der Waals surface area contributed by atoms with Crippen molar-refractivity contribution in [3.63, 3.8) is 0 Å². The highest BCUT2D eigenvalue weighted by Crippen LogP contribution is 2.26. The number of amides is 3. The van der Waals surface area contributed by atoms with E-state index < -0.39 is 6.03 Å².